The van der Waals surface area contributed by atoms with Crippen LogP contribution < -0.4 is 4.74 Å². The zero-order valence-electron chi connectivity index (χ0n) is 8.65. The molecule has 0 aliphatic rings. The largest absolute Gasteiger partial charge is 0.434 e. The Labute approximate surface area is 96.3 Å². The van der Waals surface area contributed by atoms with Gasteiger partial charge in [-0.05, 0) is 6.07 Å². The fraction of sp³-hybridized carbons (Fsp3) is 0.0833. The van der Waals surface area contributed by atoms with E-state index in [0.29, 0.717) is 16.7 Å². The van der Waals surface area contributed by atoms with Gasteiger partial charge in [-0.25, -0.2) is 0 Å². The van der Waals surface area contributed by atoms with Crippen LogP contribution in [-0.4, -0.2) is 11.6 Å². The Morgan fingerprint density at radius 3 is 2.65 bits per heavy atom. The van der Waals surface area contributed by atoms with E-state index in [0.717, 1.165) is 0 Å². The van der Waals surface area contributed by atoms with Gasteiger partial charge in [0.2, 0.25) is 0 Å². The van der Waals surface area contributed by atoms with E-state index in [4.69, 9.17) is 5.26 Å². The number of H-pyrrole nitrogens is 1. The molecule has 0 unspecified atom stereocenters. The van der Waals surface area contributed by atoms with Crippen molar-refractivity contribution in [2.75, 3.05) is 0 Å². The Balaban J connectivity index is 2.49. The molecule has 0 saturated heterocycles. The number of nitriles is 1. The van der Waals surface area contributed by atoms with E-state index in [-0.39, 0.29) is 5.75 Å². The van der Waals surface area contributed by atoms with Crippen LogP contribution in [0, 0.1) is 11.3 Å². The van der Waals surface area contributed by atoms with Gasteiger partial charge in [0.15, 0.2) is 0 Å². The maximum Gasteiger partial charge on any atom is 0.387 e. The number of rotatable bonds is 3. The molecule has 17 heavy (non-hydrogen) atoms. The maximum absolute atomic E-state index is 12.2. The number of aromatic amines is 1. The minimum Gasteiger partial charge on any atom is -0.434 e. The fourth-order valence-corrected chi connectivity index (χ4v) is 1.57. The first-order chi connectivity index (χ1) is 8.22. The first-order valence-electron chi connectivity index (χ1n) is 4.83. The van der Waals surface area contributed by atoms with Crippen LogP contribution in [0.1, 0.15) is 5.56 Å². The van der Waals surface area contributed by atoms with Crippen LogP contribution in [0.4, 0.5) is 8.78 Å². The van der Waals surface area contributed by atoms with Crippen LogP contribution in [0.25, 0.3) is 11.1 Å². The molecule has 86 valence electrons. The predicted octanol–water partition coefficient (Wildman–Crippen LogP) is 3.15. The summed E-state index contributed by atoms with van der Waals surface area (Å²) >= 11 is 0. The summed E-state index contributed by atoms with van der Waals surface area (Å²) in [5, 5.41) is 8.88. The molecule has 2 aromatic rings. The van der Waals surface area contributed by atoms with Gasteiger partial charge < -0.3 is 9.72 Å². The highest BCUT2D eigenvalue weighted by Crippen LogP contribution is 2.32. The topological polar surface area (TPSA) is 48.8 Å². The smallest absolute Gasteiger partial charge is 0.387 e. The molecular weight excluding hydrogens is 226 g/mol. The second-order valence-electron chi connectivity index (χ2n) is 3.27. The molecule has 0 bridgehead atoms. The summed E-state index contributed by atoms with van der Waals surface area (Å²) in [4.78, 5) is 2.76. The SMILES string of the molecule is N#Cc1c[nH]cc1-c1ccccc1OC(F)F. The Morgan fingerprint density at radius 1 is 1.18 bits per heavy atom. The molecule has 3 nitrogen and oxygen atoms in total. The van der Waals surface area contributed by atoms with Crippen molar-refractivity contribution < 1.29 is 13.5 Å². The minimum absolute atomic E-state index is 0.0543. The lowest BCUT2D eigenvalue weighted by atomic mass is 10.0. The number of benzene rings is 1. The number of hydrogen-bond donors (Lipinski definition) is 1. The molecule has 0 spiro atoms. The molecule has 0 saturated carbocycles. The van der Waals surface area contributed by atoms with Crippen molar-refractivity contribution in [2.24, 2.45) is 0 Å². The third-order valence-corrected chi connectivity index (χ3v) is 2.26. The summed E-state index contributed by atoms with van der Waals surface area (Å²) in [5.41, 5.74) is 1.39. The molecule has 1 aromatic heterocycles. The lowest BCUT2D eigenvalue weighted by Crippen LogP contribution is -2.03. The van der Waals surface area contributed by atoms with Gasteiger partial charge >= 0.3 is 6.61 Å². The Morgan fingerprint density at radius 2 is 1.94 bits per heavy atom. The molecule has 0 aliphatic heterocycles. The highest BCUT2D eigenvalue weighted by atomic mass is 19.3. The molecule has 1 aromatic carbocycles. The van der Waals surface area contributed by atoms with Crippen LogP contribution >= 0.6 is 0 Å². The molecule has 0 aliphatic carbocycles. The van der Waals surface area contributed by atoms with Crippen LogP contribution in [0.3, 0.4) is 0 Å². The number of nitrogens with one attached hydrogen (secondary N) is 1. The molecule has 1 N–H and O–H groups in total. The van der Waals surface area contributed by atoms with E-state index in [1.165, 1.54) is 12.3 Å². The number of alkyl halides is 2. The third-order valence-electron chi connectivity index (χ3n) is 2.26. The third kappa shape index (κ3) is 2.26. The molecular formula is C12H8F2N2O. The Hall–Kier alpha value is -2.35. The predicted molar refractivity (Wildman–Crippen MR) is 57.6 cm³/mol. The maximum atomic E-state index is 12.2. The van der Waals surface area contributed by atoms with Crippen molar-refractivity contribution in [1.29, 1.82) is 5.26 Å². The molecule has 1 heterocycles. The number of nitrogens with zero attached hydrogens (tertiary/aromatic N) is 1. The number of hydrogen-bond acceptors (Lipinski definition) is 2. The van der Waals surface area contributed by atoms with Gasteiger partial charge in [-0.3, -0.25) is 0 Å². The highest BCUT2D eigenvalue weighted by Gasteiger charge is 2.13. The average Bonchev–Trinajstić information content (AvgIpc) is 2.77. The molecule has 0 radical (unpaired) electrons. The number of ether oxygens (including phenoxy) is 1. The van der Waals surface area contributed by atoms with Gasteiger partial charge in [-0.2, -0.15) is 14.0 Å². The van der Waals surface area contributed by atoms with Crippen molar-refractivity contribution in [3.63, 3.8) is 0 Å². The van der Waals surface area contributed by atoms with Gasteiger partial charge in [0.25, 0.3) is 0 Å². The number of para-hydroxylation sites is 1. The zero-order valence-corrected chi connectivity index (χ0v) is 8.65. The zero-order chi connectivity index (χ0) is 12.3. The Bertz CT molecular complexity index is 558. The van der Waals surface area contributed by atoms with Crippen LogP contribution in [0.2, 0.25) is 0 Å². The standard InChI is InChI=1S/C12H8F2N2O/c13-12(14)17-11-4-2-1-3-9(11)10-7-16-6-8(10)5-15/h1-4,6-7,12,16H. The molecule has 5 heteroatoms. The minimum atomic E-state index is -2.89. The van der Waals surface area contributed by atoms with Crippen molar-refractivity contribution in [2.45, 2.75) is 6.61 Å². The van der Waals surface area contributed by atoms with Crippen molar-refractivity contribution in [1.82, 2.24) is 4.98 Å². The lowest BCUT2D eigenvalue weighted by molar-refractivity contribution is -0.0494. The molecule has 0 atom stereocenters. The summed E-state index contributed by atoms with van der Waals surface area (Å²) in [7, 11) is 0. The van der Waals surface area contributed by atoms with E-state index >= 15 is 0 Å². The lowest BCUT2D eigenvalue weighted by Gasteiger charge is -2.09. The number of halogens is 2. The van der Waals surface area contributed by atoms with Crippen molar-refractivity contribution in [3.8, 4) is 22.9 Å². The highest BCUT2D eigenvalue weighted by molar-refractivity contribution is 5.75. The average molecular weight is 234 g/mol. The van der Waals surface area contributed by atoms with Gasteiger partial charge in [0, 0.05) is 23.5 Å². The fourth-order valence-electron chi connectivity index (χ4n) is 1.57. The van der Waals surface area contributed by atoms with Gasteiger partial charge in [-0.1, -0.05) is 18.2 Å². The van der Waals surface area contributed by atoms with Gasteiger partial charge in [0.05, 0.1) is 5.56 Å². The molecule has 0 fully saturated rings. The monoisotopic (exact) mass is 234 g/mol. The summed E-state index contributed by atoms with van der Waals surface area (Å²) in [6, 6.07) is 8.34. The van der Waals surface area contributed by atoms with E-state index in [9.17, 15) is 8.78 Å². The van der Waals surface area contributed by atoms with Crippen LogP contribution in [0.15, 0.2) is 36.7 Å². The van der Waals surface area contributed by atoms with Crippen LogP contribution in [-0.2, 0) is 0 Å². The van der Waals surface area contributed by atoms with Crippen LogP contribution in [0.5, 0.6) is 5.75 Å². The van der Waals surface area contributed by atoms with E-state index in [2.05, 4.69) is 9.72 Å². The van der Waals surface area contributed by atoms with E-state index in [1.54, 1.807) is 24.4 Å². The van der Waals surface area contributed by atoms with Gasteiger partial charge in [-0.15, -0.1) is 0 Å². The Kier molecular flexibility index (Phi) is 3.06. The van der Waals surface area contributed by atoms with Crippen molar-refractivity contribution in [3.05, 3.63) is 42.2 Å². The summed E-state index contributed by atoms with van der Waals surface area (Å²) < 4.78 is 28.9. The normalized spacial score (nSPS) is 10.2. The second kappa shape index (κ2) is 4.66. The first kappa shape index (κ1) is 11.1. The summed E-state index contributed by atoms with van der Waals surface area (Å²) in [5.74, 6) is 0.0543. The molecule has 2 rings (SSSR count). The van der Waals surface area contributed by atoms with Crippen molar-refractivity contribution >= 4 is 0 Å². The summed E-state index contributed by atoms with van der Waals surface area (Å²) in [6.45, 7) is -2.89. The quantitative estimate of drug-likeness (QED) is 0.886. The van der Waals surface area contributed by atoms with E-state index in [1.807, 2.05) is 6.07 Å². The molecule has 0 amide bonds. The van der Waals surface area contributed by atoms with E-state index < -0.39 is 6.61 Å². The first-order valence-corrected chi connectivity index (χ1v) is 4.83. The number of aromatic nitrogens is 1. The second-order valence-corrected chi connectivity index (χ2v) is 3.27. The summed E-state index contributed by atoms with van der Waals surface area (Å²) in [6.07, 6.45) is 3.08. The van der Waals surface area contributed by atoms with Gasteiger partial charge in [0.1, 0.15) is 11.8 Å².